The first-order valence-electron chi connectivity index (χ1n) is 6.32. The zero-order valence-corrected chi connectivity index (χ0v) is 11.3. The number of aliphatic carboxylic acids is 1. The highest BCUT2D eigenvalue weighted by Gasteiger charge is 2.22. The van der Waals surface area contributed by atoms with Crippen LogP contribution in [0.15, 0.2) is 54.6 Å². The third-order valence-electron chi connectivity index (χ3n) is 3.00. The number of nitro benzene ring substituents is 1. The van der Waals surface area contributed by atoms with E-state index in [4.69, 9.17) is 0 Å². The maximum absolute atomic E-state index is 12.1. The first kappa shape index (κ1) is 15.2. The Balaban J connectivity index is 2.18. The number of nitro groups is 1. The number of rotatable bonds is 5. The van der Waals surface area contributed by atoms with Crippen molar-refractivity contribution in [3.63, 3.8) is 0 Å². The summed E-state index contributed by atoms with van der Waals surface area (Å²) in [7, 11) is 0. The maximum atomic E-state index is 12.1. The van der Waals surface area contributed by atoms with E-state index in [0.29, 0.717) is 5.56 Å². The van der Waals surface area contributed by atoms with E-state index in [1.807, 2.05) is 0 Å². The summed E-state index contributed by atoms with van der Waals surface area (Å²) in [4.78, 5) is 33.4. The molecule has 0 bridgehead atoms. The van der Waals surface area contributed by atoms with Crippen molar-refractivity contribution in [1.82, 2.24) is 5.32 Å². The molecule has 2 aromatic carbocycles. The molecule has 0 aliphatic carbocycles. The SMILES string of the molecule is O=C(N[C@H](C(=O)O)c1ccccc1)c1ccc([N+](=O)[O-])cc1. The van der Waals surface area contributed by atoms with Gasteiger partial charge in [-0.25, -0.2) is 4.79 Å². The van der Waals surface area contributed by atoms with Crippen LogP contribution in [0.5, 0.6) is 0 Å². The Kier molecular flexibility index (Phi) is 4.47. The van der Waals surface area contributed by atoms with Crippen molar-refractivity contribution in [1.29, 1.82) is 0 Å². The zero-order valence-electron chi connectivity index (χ0n) is 11.3. The Bertz CT molecular complexity index is 698. The lowest BCUT2D eigenvalue weighted by Crippen LogP contribution is -2.33. The van der Waals surface area contributed by atoms with Gasteiger partial charge in [0.25, 0.3) is 11.6 Å². The molecule has 2 N–H and O–H groups in total. The third-order valence-corrected chi connectivity index (χ3v) is 3.00. The second kappa shape index (κ2) is 6.49. The van der Waals surface area contributed by atoms with Crippen molar-refractivity contribution in [2.45, 2.75) is 6.04 Å². The molecule has 0 saturated carbocycles. The summed E-state index contributed by atoms with van der Waals surface area (Å²) in [6, 6.07) is 12.0. The van der Waals surface area contributed by atoms with Gasteiger partial charge in [0.05, 0.1) is 4.92 Å². The first-order chi connectivity index (χ1) is 10.5. The summed E-state index contributed by atoms with van der Waals surface area (Å²) in [5.41, 5.74) is 0.437. The number of hydrogen-bond donors (Lipinski definition) is 2. The van der Waals surface area contributed by atoms with Crippen LogP contribution in [0.4, 0.5) is 5.69 Å². The van der Waals surface area contributed by atoms with Crippen LogP contribution in [0.3, 0.4) is 0 Å². The second-order valence-electron chi connectivity index (χ2n) is 4.46. The highest BCUT2D eigenvalue weighted by atomic mass is 16.6. The van der Waals surface area contributed by atoms with Gasteiger partial charge in [0, 0.05) is 17.7 Å². The molecule has 112 valence electrons. The van der Waals surface area contributed by atoms with E-state index in [-0.39, 0.29) is 11.3 Å². The first-order valence-corrected chi connectivity index (χ1v) is 6.32. The summed E-state index contributed by atoms with van der Waals surface area (Å²) in [6.07, 6.45) is 0. The molecular weight excluding hydrogens is 288 g/mol. The molecule has 0 fully saturated rings. The van der Waals surface area contributed by atoms with Gasteiger partial charge in [-0.15, -0.1) is 0 Å². The van der Waals surface area contributed by atoms with E-state index in [1.165, 1.54) is 24.3 Å². The van der Waals surface area contributed by atoms with E-state index in [9.17, 15) is 24.8 Å². The monoisotopic (exact) mass is 300 g/mol. The maximum Gasteiger partial charge on any atom is 0.330 e. The Morgan fingerprint density at radius 2 is 1.64 bits per heavy atom. The predicted molar refractivity (Wildman–Crippen MR) is 77.4 cm³/mol. The number of amides is 1. The minimum absolute atomic E-state index is 0.144. The predicted octanol–water partition coefficient (Wildman–Crippen LogP) is 2.15. The fourth-order valence-electron chi connectivity index (χ4n) is 1.88. The average Bonchev–Trinajstić information content (AvgIpc) is 2.53. The van der Waals surface area contributed by atoms with Gasteiger partial charge in [0.15, 0.2) is 6.04 Å². The molecule has 0 aromatic heterocycles. The number of benzene rings is 2. The standard InChI is InChI=1S/C15H12N2O5/c18-14(11-6-8-12(9-7-11)17(21)22)16-13(15(19)20)10-4-2-1-3-5-10/h1-9,13H,(H,16,18)(H,19,20)/t13-/m0/s1. The van der Waals surface area contributed by atoms with E-state index >= 15 is 0 Å². The van der Waals surface area contributed by atoms with E-state index < -0.39 is 22.8 Å². The molecule has 0 heterocycles. The summed E-state index contributed by atoms with van der Waals surface area (Å²) in [5.74, 6) is -1.81. The largest absolute Gasteiger partial charge is 0.479 e. The minimum atomic E-state index is -1.19. The number of non-ortho nitro benzene ring substituents is 1. The molecule has 1 atom stereocenters. The van der Waals surface area contributed by atoms with Crippen molar-refractivity contribution in [3.05, 3.63) is 75.8 Å². The number of nitrogens with one attached hydrogen (secondary N) is 1. The summed E-state index contributed by atoms with van der Waals surface area (Å²) in [6.45, 7) is 0. The van der Waals surface area contributed by atoms with Crippen LogP contribution in [0.25, 0.3) is 0 Å². The smallest absolute Gasteiger partial charge is 0.330 e. The molecule has 1 amide bonds. The molecule has 22 heavy (non-hydrogen) atoms. The molecule has 0 radical (unpaired) electrons. The minimum Gasteiger partial charge on any atom is -0.479 e. The molecule has 0 aliphatic heterocycles. The van der Waals surface area contributed by atoms with Crippen LogP contribution >= 0.6 is 0 Å². The van der Waals surface area contributed by atoms with E-state index in [1.54, 1.807) is 30.3 Å². The summed E-state index contributed by atoms with van der Waals surface area (Å²) in [5, 5.41) is 22.2. The molecular formula is C15H12N2O5. The van der Waals surface area contributed by atoms with Crippen molar-refractivity contribution >= 4 is 17.6 Å². The summed E-state index contributed by atoms with van der Waals surface area (Å²) >= 11 is 0. The highest BCUT2D eigenvalue weighted by Crippen LogP contribution is 2.15. The molecule has 0 unspecified atom stereocenters. The van der Waals surface area contributed by atoms with Crippen LogP contribution in [0.2, 0.25) is 0 Å². The van der Waals surface area contributed by atoms with Crippen molar-refractivity contribution in [3.8, 4) is 0 Å². The number of carbonyl (C=O) groups is 2. The van der Waals surface area contributed by atoms with Crippen LogP contribution in [0, 0.1) is 10.1 Å². The highest BCUT2D eigenvalue weighted by molar-refractivity contribution is 5.97. The molecule has 0 saturated heterocycles. The van der Waals surface area contributed by atoms with Crippen molar-refractivity contribution < 1.29 is 19.6 Å². The van der Waals surface area contributed by atoms with Gasteiger partial charge in [0.2, 0.25) is 0 Å². The molecule has 7 nitrogen and oxygen atoms in total. The van der Waals surface area contributed by atoms with Crippen LogP contribution in [-0.4, -0.2) is 21.9 Å². The van der Waals surface area contributed by atoms with Crippen LogP contribution in [-0.2, 0) is 4.79 Å². The van der Waals surface area contributed by atoms with Crippen molar-refractivity contribution in [2.24, 2.45) is 0 Å². The van der Waals surface area contributed by atoms with Gasteiger partial charge < -0.3 is 10.4 Å². The number of hydrogen-bond acceptors (Lipinski definition) is 4. The second-order valence-corrected chi connectivity index (χ2v) is 4.46. The van der Waals surface area contributed by atoms with Gasteiger partial charge in [-0.05, 0) is 17.7 Å². The number of nitrogens with zero attached hydrogens (tertiary/aromatic N) is 1. The Hall–Kier alpha value is -3.22. The number of carbonyl (C=O) groups excluding carboxylic acids is 1. The normalized spacial score (nSPS) is 11.5. The number of carboxylic acids is 1. The summed E-state index contributed by atoms with van der Waals surface area (Å²) < 4.78 is 0. The Morgan fingerprint density at radius 3 is 2.14 bits per heavy atom. The molecule has 0 spiro atoms. The topological polar surface area (TPSA) is 110 Å². The fraction of sp³-hybridized carbons (Fsp3) is 0.0667. The molecule has 7 heteroatoms. The van der Waals surface area contributed by atoms with Gasteiger partial charge in [-0.3, -0.25) is 14.9 Å². The van der Waals surface area contributed by atoms with Gasteiger partial charge in [-0.2, -0.15) is 0 Å². The Morgan fingerprint density at radius 1 is 1.05 bits per heavy atom. The molecule has 0 aliphatic rings. The van der Waals surface area contributed by atoms with E-state index in [0.717, 1.165) is 0 Å². The quantitative estimate of drug-likeness (QED) is 0.649. The van der Waals surface area contributed by atoms with Gasteiger partial charge in [-0.1, -0.05) is 30.3 Å². The van der Waals surface area contributed by atoms with Crippen molar-refractivity contribution in [2.75, 3.05) is 0 Å². The van der Waals surface area contributed by atoms with E-state index in [2.05, 4.69) is 5.32 Å². The Labute approximate surface area is 125 Å². The average molecular weight is 300 g/mol. The number of carboxylic acid groups (broad SMARTS) is 1. The van der Waals surface area contributed by atoms with Crippen LogP contribution < -0.4 is 5.32 Å². The zero-order chi connectivity index (χ0) is 16.1. The lowest BCUT2D eigenvalue weighted by molar-refractivity contribution is -0.384. The molecule has 2 rings (SSSR count). The van der Waals surface area contributed by atoms with Gasteiger partial charge >= 0.3 is 5.97 Å². The fourth-order valence-corrected chi connectivity index (χ4v) is 1.88. The lowest BCUT2D eigenvalue weighted by atomic mass is 10.1. The lowest BCUT2D eigenvalue weighted by Gasteiger charge is -2.14. The molecule has 2 aromatic rings. The third kappa shape index (κ3) is 3.45. The van der Waals surface area contributed by atoms with Crippen LogP contribution in [0.1, 0.15) is 22.0 Å². The van der Waals surface area contributed by atoms with Gasteiger partial charge in [0.1, 0.15) is 0 Å².